The van der Waals surface area contributed by atoms with Crippen LogP contribution in [-0.4, -0.2) is 41.1 Å². The first-order chi connectivity index (χ1) is 15.2. The van der Waals surface area contributed by atoms with Crippen molar-refractivity contribution >= 4 is 23.6 Å². The summed E-state index contributed by atoms with van der Waals surface area (Å²) in [7, 11) is 0. The van der Waals surface area contributed by atoms with Crippen molar-refractivity contribution in [3.8, 4) is 0 Å². The summed E-state index contributed by atoms with van der Waals surface area (Å²) in [6.45, 7) is 2.56. The van der Waals surface area contributed by atoms with Gasteiger partial charge in [0.25, 0.3) is 0 Å². The van der Waals surface area contributed by atoms with Gasteiger partial charge in [0.2, 0.25) is 11.8 Å². The molecule has 0 radical (unpaired) electrons. The van der Waals surface area contributed by atoms with Gasteiger partial charge in [0.1, 0.15) is 6.04 Å². The number of rotatable bonds is 11. The van der Waals surface area contributed by atoms with Crippen molar-refractivity contribution < 1.29 is 9.59 Å². The molecule has 1 atom stereocenters. The van der Waals surface area contributed by atoms with E-state index in [0.717, 1.165) is 25.0 Å². The largest absolute Gasteiger partial charge is 0.352 e. The van der Waals surface area contributed by atoms with E-state index in [9.17, 15) is 9.59 Å². The molecule has 31 heavy (non-hydrogen) atoms. The highest BCUT2D eigenvalue weighted by Crippen LogP contribution is 2.19. The van der Waals surface area contributed by atoms with Crippen LogP contribution in [0, 0.1) is 0 Å². The standard InChI is InChI=1S/C26H34N2O2S/c1-2-24(26(30)27-23-15-9-10-16-23)28(18-17-21-11-5-3-6-12-21)25(29)20-31-19-22-13-7-4-8-14-22/h3-8,11-14,23-24H,2,9-10,15-20H2,1H3,(H,27,30)/t24-/m1/s1. The van der Waals surface area contributed by atoms with Crippen LogP contribution in [0.4, 0.5) is 0 Å². The van der Waals surface area contributed by atoms with Gasteiger partial charge in [-0.05, 0) is 36.8 Å². The van der Waals surface area contributed by atoms with Gasteiger partial charge in [-0.2, -0.15) is 0 Å². The molecule has 0 aromatic heterocycles. The molecule has 2 amide bonds. The van der Waals surface area contributed by atoms with E-state index in [2.05, 4.69) is 29.6 Å². The normalized spacial score (nSPS) is 14.9. The summed E-state index contributed by atoms with van der Waals surface area (Å²) >= 11 is 1.61. The quantitative estimate of drug-likeness (QED) is 0.547. The van der Waals surface area contributed by atoms with E-state index in [1.165, 1.54) is 24.0 Å². The van der Waals surface area contributed by atoms with Crippen molar-refractivity contribution in [2.75, 3.05) is 12.3 Å². The first kappa shape index (κ1) is 23.4. The highest BCUT2D eigenvalue weighted by atomic mass is 32.2. The monoisotopic (exact) mass is 438 g/mol. The Bertz CT molecular complexity index is 807. The van der Waals surface area contributed by atoms with Crippen LogP contribution in [0.15, 0.2) is 60.7 Å². The minimum Gasteiger partial charge on any atom is -0.352 e. The van der Waals surface area contributed by atoms with Crippen LogP contribution in [0.1, 0.15) is 50.2 Å². The van der Waals surface area contributed by atoms with Crippen molar-refractivity contribution in [2.24, 2.45) is 0 Å². The van der Waals surface area contributed by atoms with E-state index in [4.69, 9.17) is 0 Å². The first-order valence-electron chi connectivity index (χ1n) is 11.4. The third kappa shape index (κ3) is 7.42. The van der Waals surface area contributed by atoms with E-state index in [0.29, 0.717) is 18.7 Å². The summed E-state index contributed by atoms with van der Waals surface area (Å²) in [6.07, 6.45) is 5.83. The van der Waals surface area contributed by atoms with Gasteiger partial charge < -0.3 is 10.2 Å². The number of carbonyl (C=O) groups is 2. The summed E-state index contributed by atoms with van der Waals surface area (Å²) in [5.41, 5.74) is 2.39. The topological polar surface area (TPSA) is 49.4 Å². The number of carbonyl (C=O) groups excluding carboxylic acids is 2. The Morgan fingerprint density at radius 3 is 2.23 bits per heavy atom. The number of hydrogen-bond donors (Lipinski definition) is 1. The number of benzene rings is 2. The highest BCUT2D eigenvalue weighted by molar-refractivity contribution is 7.99. The molecule has 166 valence electrons. The second kappa shape index (κ2) is 12.6. The molecule has 1 aliphatic rings. The summed E-state index contributed by atoms with van der Waals surface area (Å²) in [6, 6.07) is 20.2. The molecule has 0 aliphatic heterocycles. The molecule has 0 spiro atoms. The fourth-order valence-electron chi connectivity index (χ4n) is 4.18. The van der Waals surface area contributed by atoms with E-state index in [1.807, 2.05) is 48.2 Å². The van der Waals surface area contributed by atoms with Gasteiger partial charge in [0.05, 0.1) is 5.75 Å². The zero-order valence-corrected chi connectivity index (χ0v) is 19.3. The second-order valence-electron chi connectivity index (χ2n) is 8.22. The smallest absolute Gasteiger partial charge is 0.243 e. The van der Waals surface area contributed by atoms with Crippen LogP contribution < -0.4 is 5.32 Å². The minimum absolute atomic E-state index is 0.00358. The van der Waals surface area contributed by atoms with Crippen molar-refractivity contribution in [2.45, 2.75) is 63.3 Å². The Morgan fingerprint density at radius 2 is 1.61 bits per heavy atom. The van der Waals surface area contributed by atoms with Gasteiger partial charge in [-0.15, -0.1) is 11.8 Å². The molecule has 0 unspecified atom stereocenters. The minimum atomic E-state index is -0.408. The average molecular weight is 439 g/mol. The Hall–Kier alpha value is -2.27. The molecule has 0 heterocycles. The molecular weight excluding hydrogens is 404 g/mol. The fourth-order valence-corrected chi connectivity index (χ4v) is 5.05. The Balaban J connectivity index is 1.64. The maximum absolute atomic E-state index is 13.2. The summed E-state index contributed by atoms with van der Waals surface area (Å²) in [5, 5.41) is 3.21. The molecule has 1 aliphatic carbocycles. The summed E-state index contributed by atoms with van der Waals surface area (Å²) < 4.78 is 0. The third-order valence-corrected chi connectivity index (χ3v) is 6.90. The van der Waals surface area contributed by atoms with Gasteiger partial charge in [0, 0.05) is 18.3 Å². The van der Waals surface area contributed by atoms with Crippen molar-refractivity contribution in [1.82, 2.24) is 10.2 Å². The lowest BCUT2D eigenvalue weighted by atomic mass is 10.1. The molecule has 0 saturated heterocycles. The van der Waals surface area contributed by atoms with Gasteiger partial charge in [-0.3, -0.25) is 9.59 Å². The van der Waals surface area contributed by atoms with Gasteiger partial charge in [-0.25, -0.2) is 0 Å². The van der Waals surface area contributed by atoms with Crippen LogP contribution >= 0.6 is 11.8 Å². The molecule has 5 heteroatoms. The number of thioether (sulfide) groups is 1. The Morgan fingerprint density at radius 1 is 1.00 bits per heavy atom. The van der Waals surface area contributed by atoms with Gasteiger partial charge in [-0.1, -0.05) is 80.4 Å². The summed E-state index contributed by atoms with van der Waals surface area (Å²) in [4.78, 5) is 28.1. The third-order valence-electron chi connectivity index (χ3n) is 5.91. The predicted molar refractivity (Wildman–Crippen MR) is 129 cm³/mol. The fraction of sp³-hybridized carbons (Fsp3) is 0.462. The first-order valence-corrected chi connectivity index (χ1v) is 12.6. The van der Waals surface area contributed by atoms with Crippen LogP contribution in [0.5, 0.6) is 0 Å². The molecule has 1 N–H and O–H groups in total. The maximum atomic E-state index is 13.2. The number of nitrogens with zero attached hydrogens (tertiary/aromatic N) is 1. The zero-order valence-electron chi connectivity index (χ0n) is 18.5. The van der Waals surface area contributed by atoms with E-state index in [1.54, 1.807) is 11.8 Å². The van der Waals surface area contributed by atoms with E-state index >= 15 is 0 Å². The second-order valence-corrected chi connectivity index (χ2v) is 9.20. The van der Waals surface area contributed by atoms with Crippen LogP contribution in [0.3, 0.4) is 0 Å². The number of hydrogen-bond acceptors (Lipinski definition) is 3. The van der Waals surface area contributed by atoms with Gasteiger partial charge in [0.15, 0.2) is 0 Å². The van der Waals surface area contributed by atoms with Crippen LogP contribution in [-0.2, 0) is 21.8 Å². The summed E-state index contributed by atoms with van der Waals surface area (Å²) in [5.74, 6) is 1.23. The average Bonchev–Trinajstić information content (AvgIpc) is 3.31. The molecule has 0 bridgehead atoms. The lowest BCUT2D eigenvalue weighted by Gasteiger charge is -2.31. The van der Waals surface area contributed by atoms with Crippen LogP contribution in [0.25, 0.3) is 0 Å². The number of nitrogens with one attached hydrogen (secondary N) is 1. The number of amides is 2. The molecule has 2 aromatic carbocycles. The van der Waals surface area contributed by atoms with E-state index in [-0.39, 0.29) is 17.9 Å². The molecule has 3 rings (SSSR count). The molecule has 1 saturated carbocycles. The van der Waals surface area contributed by atoms with Gasteiger partial charge >= 0.3 is 0 Å². The van der Waals surface area contributed by atoms with Crippen LogP contribution in [0.2, 0.25) is 0 Å². The maximum Gasteiger partial charge on any atom is 0.243 e. The van der Waals surface area contributed by atoms with Crippen molar-refractivity contribution in [3.63, 3.8) is 0 Å². The molecule has 1 fully saturated rings. The molecule has 2 aromatic rings. The lowest BCUT2D eigenvalue weighted by molar-refractivity contribution is -0.139. The SMILES string of the molecule is CC[C@H](C(=O)NC1CCCC1)N(CCc1ccccc1)C(=O)CSCc1ccccc1. The molecular formula is C26H34N2O2S. The predicted octanol–water partition coefficient (Wildman–Crippen LogP) is 4.83. The van der Waals surface area contributed by atoms with Crippen molar-refractivity contribution in [3.05, 3.63) is 71.8 Å². The molecule has 4 nitrogen and oxygen atoms in total. The van der Waals surface area contributed by atoms with Crippen molar-refractivity contribution in [1.29, 1.82) is 0 Å². The van der Waals surface area contributed by atoms with E-state index < -0.39 is 6.04 Å². The zero-order chi connectivity index (χ0) is 21.9. The highest BCUT2D eigenvalue weighted by Gasteiger charge is 2.30. The lowest BCUT2D eigenvalue weighted by Crippen LogP contribution is -2.52. The Kier molecular flexibility index (Phi) is 9.47. The Labute approximate surface area is 190 Å².